The molecule has 0 aliphatic heterocycles. The molecule has 0 bridgehead atoms. The molecule has 0 spiro atoms. The molecule has 0 saturated carbocycles. The molecular weight excluding hydrogens is 351 g/mol. The third kappa shape index (κ3) is 22.3. The number of carbonyl (C=O) groups excluding carboxylic acids is 1. The molecule has 0 atom stereocenters. The van der Waals surface area contributed by atoms with Gasteiger partial charge in [0.05, 0.1) is 11.7 Å². The van der Waals surface area contributed by atoms with Crippen LogP contribution in [0.15, 0.2) is 0 Å². The fourth-order valence-corrected chi connectivity index (χ4v) is 3.62. The Morgan fingerprint density at radius 1 is 0.760 bits per heavy atom. The Bertz CT molecular complexity index is 398. The molecule has 0 aromatic heterocycles. The van der Waals surface area contributed by atoms with Gasteiger partial charge in [0.2, 0.25) is 0 Å². The van der Waals surface area contributed by atoms with Gasteiger partial charge in [0.1, 0.15) is 6.61 Å². The minimum Gasteiger partial charge on any atom is -0.548 e. The van der Waals surface area contributed by atoms with Crippen molar-refractivity contribution in [2.24, 2.45) is 0 Å². The van der Waals surface area contributed by atoms with E-state index in [1.54, 1.807) is 0 Å². The molecule has 0 aliphatic carbocycles. The Kier molecular flexibility index (Phi) is 21.1. The van der Waals surface area contributed by atoms with Crippen LogP contribution in [-0.2, 0) is 19.1 Å². The van der Waals surface area contributed by atoms with Crippen LogP contribution >= 0.6 is 0 Å². The van der Waals surface area contributed by atoms with E-state index < -0.39 is 22.7 Å². The Balaban J connectivity index is 0. The van der Waals surface area contributed by atoms with Gasteiger partial charge in [-0.15, -0.1) is 0 Å². The largest absolute Gasteiger partial charge is 1.00 e. The zero-order chi connectivity index (χ0) is 18.1. The molecule has 7 heteroatoms. The summed E-state index contributed by atoms with van der Waals surface area (Å²) in [5, 5.41) is 10.1. The number of carbonyl (C=O) groups is 1. The van der Waals surface area contributed by atoms with E-state index in [2.05, 4.69) is 11.1 Å². The van der Waals surface area contributed by atoms with Crippen molar-refractivity contribution in [1.82, 2.24) is 0 Å². The van der Waals surface area contributed by atoms with E-state index >= 15 is 0 Å². The van der Waals surface area contributed by atoms with Gasteiger partial charge in [-0.1, -0.05) is 90.4 Å². The molecule has 0 aromatic rings. The van der Waals surface area contributed by atoms with Crippen molar-refractivity contribution in [3.63, 3.8) is 0 Å². The quantitative estimate of drug-likeness (QED) is 0.195. The molecule has 0 N–H and O–H groups in total. The molecule has 0 rings (SSSR count). The second-order valence-corrected chi connectivity index (χ2v) is 8.25. The summed E-state index contributed by atoms with van der Waals surface area (Å²) in [5.74, 6) is -1.63. The maximum atomic E-state index is 11.3. The number of rotatable bonds is 18. The molecule has 0 radical (unpaired) electrons. The Labute approximate surface area is 176 Å². The van der Waals surface area contributed by atoms with Gasteiger partial charge >= 0.3 is 29.6 Å². The summed E-state index contributed by atoms with van der Waals surface area (Å²) in [4.78, 5) is 10.1. The number of carboxylic acid groups (broad SMARTS) is 1. The number of carboxylic acids is 1. The van der Waals surface area contributed by atoms with Crippen LogP contribution in [0.3, 0.4) is 0 Å². The fraction of sp³-hybridized carbons (Fsp3) is 0.944. The molecular formula is C18H35NaO5S. The molecule has 0 aromatic carbocycles. The van der Waals surface area contributed by atoms with E-state index in [0.29, 0.717) is 6.42 Å². The molecule has 144 valence electrons. The number of hydrogen-bond acceptors (Lipinski definition) is 5. The van der Waals surface area contributed by atoms with Gasteiger partial charge in [-0.3, -0.25) is 4.18 Å². The Morgan fingerprint density at radius 2 is 1.12 bits per heavy atom. The van der Waals surface area contributed by atoms with Gasteiger partial charge in [-0.25, -0.2) is 0 Å². The molecule has 0 saturated heterocycles. The van der Waals surface area contributed by atoms with Crippen LogP contribution in [0.1, 0.15) is 96.8 Å². The van der Waals surface area contributed by atoms with Crippen molar-refractivity contribution in [1.29, 1.82) is 0 Å². The predicted octanol–water partition coefficient (Wildman–Crippen LogP) is 0.568. The third-order valence-electron chi connectivity index (χ3n) is 4.10. The first-order valence-electron chi connectivity index (χ1n) is 9.55. The zero-order valence-corrected chi connectivity index (χ0v) is 19.1. The van der Waals surface area contributed by atoms with Crippen molar-refractivity contribution in [2.45, 2.75) is 96.8 Å². The van der Waals surface area contributed by atoms with E-state index in [1.165, 1.54) is 64.2 Å². The summed E-state index contributed by atoms with van der Waals surface area (Å²) < 4.78 is 27.0. The summed E-state index contributed by atoms with van der Waals surface area (Å²) in [6.45, 7) is 1.35. The van der Waals surface area contributed by atoms with Gasteiger partial charge in [-0.2, -0.15) is 8.42 Å². The number of hydrogen-bond donors (Lipinski definition) is 0. The summed E-state index contributed by atoms with van der Waals surface area (Å²) in [5.41, 5.74) is 0. The van der Waals surface area contributed by atoms with Gasteiger partial charge < -0.3 is 9.90 Å². The van der Waals surface area contributed by atoms with Crippen LogP contribution < -0.4 is 34.7 Å². The van der Waals surface area contributed by atoms with Crippen molar-refractivity contribution < 1.29 is 52.1 Å². The summed E-state index contributed by atoms with van der Waals surface area (Å²) in [6, 6.07) is 0. The van der Waals surface area contributed by atoms with Crippen molar-refractivity contribution in [3.05, 3.63) is 0 Å². The van der Waals surface area contributed by atoms with Crippen LogP contribution in [0.4, 0.5) is 0 Å². The minimum absolute atomic E-state index is 0. The Hall–Kier alpha value is 0.380. The summed E-state index contributed by atoms with van der Waals surface area (Å²) in [7, 11) is -3.71. The average Bonchev–Trinajstić information content (AvgIpc) is 2.53. The smallest absolute Gasteiger partial charge is 0.548 e. The second-order valence-electron chi connectivity index (χ2n) is 6.49. The van der Waals surface area contributed by atoms with Crippen LogP contribution in [0.2, 0.25) is 0 Å². The molecule has 0 fully saturated rings. The minimum atomic E-state index is -3.71. The standard InChI is InChI=1S/C18H36O5S.Na/c1-2-3-4-5-6-7-8-9-10-11-12-13-14-15-16-24(21,22)23-17-18(19)20;/h2-17H2,1H3,(H,19,20);/q;+1/p-1. The second kappa shape index (κ2) is 19.2. The monoisotopic (exact) mass is 386 g/mol. The first-order chi connectivity index (χ1) is 11.5. The predicted molar refractivity (Wildman–Crippen MR) is 95.1 cm³/mol. The van der Waals surface area contributed by atoms with Gasteiger partial charge in [-0.05, 0) is 6.42 Å². The molecule has 25 heavy (non-hydrogen) atoms. The molecule has 0 amide bonds. The van der Waals surface area contributed by atoms with Crippen molar-refractivity contribution in [2.75, 3.05) is 12.4 Å². The first-order valence-corrected chi connectivity index (χ1v) is 11.1. The maximum absolute atomic E-state index is 11.3. The molecule has 5 nitrogen and oxygen atoms in total. The summed E-state index contributed by atoms with van der Waals surface area (Å²) >= 11 is 0. The molecule has 0 heterocycles. The van der Waals surface area contributed by atoms with Crippen molar-refractivity contribution >= 4 is 16.1 Å². The van der Waals surface area contributed by atoms with E-state index in [-0.39, 0.29) is 35.3 Å². The van der Waals surface area contributed by atoms with Crippen LogP contribution in [0, 0.1) is 0 Å². The van der Waals surface area contributed by atoms with E-state index in [0.717, 1.165) is 19.3 Å². The van der Waals surface area contributed by atoms with E-state index in [4.69, 9.17) is 0 Å². The van der Waals surface area contributed by atoms with E-state index in [9.17, 15) is 18.3 Å². The van der Waals surface area contributed by atoms with Gasteiger partial charge in [0.15, 0.2) is 0 Å². The SMILES string of the molecule is CCCCCCCCCCCCCCCCS(=O)(=O)OCC(=O)[O-].[Na+]. The number of aliphatic carboxylic acids is 1. The zero-order valence-electron chi connectivity index (χ0n) is 16.3. The van der Waals surface area contributed by atoms with E-state index in [1.807, 2.05) is 0 Å². The molecule has 0 aliphatic rings. The van der Waals surface area contributed by atoms with Crippen molar-refractivity contribution in [3.8, 4) is 0 Å². The number of unbranched alkanes of at least 4 members (excludes halogenated alkanes) is 13. The van der Waals surface area contributed by atoms with Gasteiger partial charge in [0.25, 0.3) is 10.1 Å². The van der Waals surface area contributed by atoms with Crippen LogP contribution in [-0.4, -0.2) is 26.7 Å². The summed E-state index contributed by atoms with van der Waals surface area (Å²) in [6.07, 6.45) is 16.8. The van der Waals surface area contributed by atoms with Crippen LogP contribution in [0.25, 0.3) is 0 Å². The normalized spacial score (nSPS) is 11.2. The van der Waals surface area contributed by atoms with Gasteiger partial charge in [0, 0.05) is 0 Å². The topological polar surface area (TPSA) is 83.5 Å². The third-order valence-corrected chi connectivity index (χ3v) is 5.37. The van der Waals surface area contributed by atoms with Crippen LogP contribution in [0.5, 0.6) is 0 Å². The Morgan fingerprint density at radius 3 is 1.48 bits per heavy atom. The fourth-order valence-electron chi connectivity index (χ4n) is 2.67. The maximum Gasteiger partial charge on any atom is 1.00 e. The first kappa shape index (κ1) is 27.6. The molecule has 0 unspecified atom stereocenters. The average molecular weight is 387 g/mol.